The van der Waals surface area contributed by atoms with E-state index >= 15 is 0 Å². The van der Waals surface area contributed by atoms with Crippen LogP contribution in [0.25, 0.3) is 0 Å². The van der Waals surface area contributed by atoms with E-state index in [0.717, 1.165) is 0 Å². The zero-order valence-electron chi connectivity index (χ0n) is 11.4. The van der Waals surface area contributed by atoms with Crippen molar-refractivity contribution in [1.82, 2.24) is 0 Å². The number of allylic oxidation sites excluding steroid dienone is 4. The van der Waals surface area contributed by atoms with E-state index in [1.54, 1.807) is 22.3 Å². The maximum atomic E-state index is 2.46. The molecule has 0 unspecified atom stereocenters. The predicted molar refractivity (Wildman–Crippen MR) is 68.2 cm³/mol. The van der Waals surface area contributed by atoms with Crippen molar-refractivity contribution in [2.24, 2.45) is 0 Å². The molecule has 1 heteroatoms. The van der Waals surface area contributed by atoms with E-state index in [4.69, 9.17) is 0 Å². The summed E-state index contributed by atoms with van der Waals surface area (Å²) < 4.78 is 0.375. The Balaban J connectivity index is 3.37. The Bertz CT molecular complexity index is 292. The Morgan fingerprint density at radius 3 is 1.31 bits per heavy atom. The van der Waals surface area contributed by atoms with Gasteiger partial charge in [-0.15, -0.1) is 0 Å². The summed E-state index contributed by atoms with van der Waals surface area (Å²) in [4.78, 5) is 0. The van der Waals surface area contributed by atoms with Crippen molar-refractivity contribution >= 4 is 0 Å². The van der Waals surface area contributed by atoms with Crippen LogP contribution in [0.5, 0.6) is 0 Å². The average molecular weight is 398 g/mol. The Kier molecular flexibility index (Phi) is 5.01. The van der Waals surface area contributed by atoms with Crippen LogP contribution in [0.1, 0.15) is 66.7 Å². The second kappa shape index (κ2) is 5.65. The molecular formula is C15H25Ir+2. The molecule has 16 heavy (non-hydrogen) atoms. The molecule has 0 saturated heterocycles. The van der Waals surface area contributed by atoms with Gasteiger partial charge in [0.1, 0.15) is 0 Å². The number of hydrogen-bond acceptors (Lipinski definition) is 0. The van der Waals surface area contributed by atoms with E-state index in [1.165, 1.54) is 32.1 Å². The van der Waals surface area contributed by atoms with Crippen LogP contribution in [-0.4, -0.2) is 0 Å². The number of rotatable bonds is 5. The fourth-order valence-electron chi connectivity index (χ4n) is 3.26. The molecule has 0 aliphatic heterocycles. The summed E-state index contributed by atoms with van der Waals surface area (Å²) in [5, 5.41) is 0. The Morgan fingerprint density at radius 2 is 1.12 bits per heavy atom. The van der Waals surface area contributed by atoms with Gasteiger partial charge in [-0.1, -0.05) is 0 Å². The van der Waals surface area contributed by atoms with Crippen LogP contribution in [0.4, 0.5) is 0 Å². The van der Waals surface area contributed by atoms with E-state index in [1.807, 2.05) is 0 Å². The molecule has 0 aromatic rings. The van der Waals surface area contributed by atoms with Gasteiger partial charge >= 0.3 is 112 Å². The van der Waals surface area contributed by atoms with Gasteiger partial charge in [0, 0.05) is 0 Å². The second-order valence-electron chi connectivity index (χ2n) is 4.45. The summed E-state index contributed by atoms with van der Waals surface area (Å²) in [5.41, 5.74) is 6.83. The Morgan fingerprint density at radius 1 is 0.750 bits per heavy atom. The third kappa shape index (κ3) is 1.97. The van der Waals surface area contributed by atoms with Crippen LogP contribution in [0.2, 0.25) is 3.93 Å². The zero-order chi connectivity index (χ0) is 12.3. The third-order valence-electron chi connectivity index (χ3n) is 3.91. The Hall–Kier alpha value is 0.129. The zero-order valence-corrected chi connectivity index (χ0v) is 13.8. The van der Waals surface area contributed by atoms with Gasteiger partial charge in [-0.2, -0.15) is 0 Å². The van der Waals surface area contributed by atoms with Crippen molar-refractivity contribution in [3.05, 3.63) is 22.3 Å². The second-order valence-corrected chi connectivity index (χ2v) is 6.49. The summed E-state index contributed by atoms with van der Waals surface area (Å²) in [6.45, 7) is 11.6. The van der Waals surface area contributed by atoms with E-state index in [0.29, 0.717) is 3.93 Å². The first kappa shape index (κ1) is 14.2. The van der Waals surface area contributed by atoms with Crippen LogP contribution in [0.15, 0.2) is 22.3 Å². The third-order valence-corrected chi connectivity index (χ3v) is 6.20. The SMILES string of the molecule is CCC1=C(CC)[C]([Ir+2])(CC)C(CC)=C1CC. The average Bonchev–Trinajstić information content (AvgIpc) is 2.56. The van der Waals surface area contributed by atoms with Crippen molar-refractivity contribution in [2.45, 2.75) is 70.7 Å². The van der Waals surface area contributed by atoms with Crippen LogP contribution >= 0.6 is 0 Å². The summed E-state index contributed by atoms with van der Waals surface area (Å²) in [5.74, 6) is 0. The summed E-state index contributed by atoms with van der Waals surface area (Å²) >= 11 is 2.46. The van der Waals surface area contributed by atoms with E-state index < -0.39 is 0 Å². The van der Waals surface area contributed by atoms with E-state index in [9.17, 15) is 0 Å². The normalized spacial score (nSPS) is 19.9. The quantitative estimate of drug-likeness (QED) is 0.587. The van der Waals surface area contributed by atoms with Gasteiger partial charge in [-0.25, -0.2) is 0 Å². The molecule has 0 radical (unpaired) electrons. The molecule has 92 valence electrons. The van der Waals surface area contributed by atoms with Gasteiger partial charge in [0.05, 0.1) is 0 Å². The fourth-order valence-corrected chi connectivity index (χ4v) is 4.83. The molecule has 1 aliphatic rings. The van der Waals surface area contributed by atoms with Crippen LogP contribution < -0.4 is 0 Å². The maximum absolute atomic E-state index is 2.46. The van der Waals surface area contributed by atoms with E-state index in [-0.39, 0.29) is 0 Å². The number of hydrogen-bond donors (Lipinski definition) is 0. The summed E-state index contributed by atoms with van der Waals surface area (Å²) in [6, 6.07) is 0. The van der Waals surface area contributed by atoms with Crippen LogP contribution in [-0.2, 0) is 18.9 Å². The van der Waals surface area contributed by atoms with Gasteiger partial charge in [0.2, 0.25) is 0 Å². The fraction of sp³-hybridized carbons (Fsp3) is 0.733. The molecule has 0 amide bonds. The topological polar surface area (TPSA) is 0 Å². The molecule has 0 heterocycles. The Labute approximate surface area is 112 Å². The van der Waals surface area contributed by atoms with Crippen LogP contribution in [0, 0.1) is 0 Å². The van der Waals surface area contributed by atoms with Gasteiger partial charge in [-0.05, 0) is 0 Å². The molecule has 1 rings (SSSR count). The molecular weight excluding hydrogens is 372 g/mol. The molecule has 0 aromatic heterocycles. The monoisotopic (exact) mass is 398 g/mol. The van der Waals surface area contributed by atoms with Crippen molar-refractivity contribution < 1.29 is 18.9 Å². The summed E-state index contributed by atoms with van der Waals surface area (Å²) in [6.07, 6.45) is 6.13. The molecule has 0 bridgehead atoms. The summed E-state index contributed by atoms with van der Waals surface area (Å²) in [7, 11) is 0. The molecule has 0 aromatic carbocycles. The van der Waals surface area contributed by atoms with E-state index in [2.05, 4.69) is 53.5 Å². The van der Waals surface area contributed by atoms with Gasteiger partial charge in [0.15, 0.2) is 0 Å². The minimum atomic E-state index is 0.375. The molecule has 0 atom stereocenters. The van der Waals surface area contributed by atoms with Crippen LogP contribution in [0.3, 0.4) is 0 Å². The van der Waals surface area contributed by atoms with Crippen molar-refractivity contribution in [2.75, 3.05) is 0 Å². The molecule has 0 fully saturated rings. The minimum absolute atomic E-state index is 0.375. The first-order valence-electron chi connectivity index (χ1n) is 6.72. The van der Waals surface area contributed by atoms with Crippen molar-refractivity contribution in [3.63, 3.8) is 0 Å². The first-order chi connectivity index (χ1) is 7.60. The molecule has 0 nitrogen and oxygen atoms in total. The van der Waals surface area contributed by atoms with Gasteiger partial charge in [-0.3, -0.25) is 0 Å². The molecule has 0 saturated carbocycles. The standard InChI is InChI=1S/C15H25.Ir/c1-6-11-12(7-2)14(9-4)15(10-5)13(11)8-3;/h6-10H2,1-5H3;/q;+2. The van der Waals surface area contributed by atoms with Crippen molar-refractivity contribution in [1.29, 1.82) is 0 Å². The van der Waals surface area contributed by atoms with Gasteiger partial charge < -0.3 is 0 Å². The first-order valence-corrected chi connectivity index (χ1v) is 7.92. The molecule has 0 spiro atoms. The predicted octanol–water partition coefficient (Wildman–Crippen LogP) is 5.35. The molecule has 0 N–H and O–H groups in total. The van der Waals surface area contributed by atoms with Crippen molar-refractivity contribution in [3.8, 4) is 0 Å². The molecule has 1 aliphatic carbocycles. The van der Waals surface area contributed by atoms with Gasteiger partial charge in [0.25, 0.3) is 0 Å².